The van der Waals surface area contributed by atoms with Crippen molar-refractivity contribution >= 4 is 22.2 Å². The summed E-state index contributed by atoms with van der Waals surface area (Å²) < 4.78 is 60.0. The second kappa shape index (κ2) is 8.33. The summed E-state index contributed by atoms with van der Waals surface area (Å²) in [6.07, 6.45) is 0.0126. The minimum atomic E-state index is -2.46. The number of nitrogens with one attached hydrogen (secondary N) is 1. The number of H-pyrrole nitrogens is 1. The quantitative estimate of drug-likeness (QED) is 0.491. The van der Waals surface area contributed by atoms with Crippen LogP contribution < -0.4 is 4.74 Å². The fourth-order valence-electron chi connectivity index (χ4n) is 2.27. The standard InChI is InChI=1S/C18H21N3O3S/c1-13-16(19-9-8-17(13)24-11-5-10-23-2)12-25(22)18-20-14-6-3-4-7-15(14)21-18/h3-4,6-9H,5,10-12H2,1-2H3,(H,20,21)/i2D3,8D,9D. The molecule has 3 aromatic rings. The summed E-state index contributed by atoms with van der Waals surface area (Å²) in [7, 11) is -2.46. The highest BCUT2D eigenvalue weighted by Crippen LogP contribution is 2.24. The molecule has 0 amide bonds. The van der Waals surface area contributed by atoms with E-state index in [2.05, 4.69) is 19.7 Å². The fraction of sp³-hybridized carbons (Fsp3) is 0.333. The Balaban J connectivity index is 1.71. The Kier molecular flexibility index (Phi) is 4.10. The molecule has 6 nitrogen and oxygen atoms in total. The lowest BCUT2D eigenvalue weighted by molar-refractivity contribution is 0.172. The van der Waals surface area contributed by atoms with Crippen molar-refractivity contribution < 1.29 is 20.9 Å². The topological polar surface area (TPSA) is 83.1 Å². The van der Waals surface area contributed by atoms with E-state index in [1.807, 2.05) is 24.3 Å². The molecule has 0 aliphatic rings. The number of imidazole rings is 1. The molecule has 0 saturated carbocycles. The first kappa shape index (κ1) is 12.3. The summed E-state index contributed by atoms with van der Waals surface area (Å²) in [6, 6.07) is 7.17. The van der Waals surface area contributed by atoms with Gasteiger partial charge < -0.3 is 14.0 Å². The molecule has 132 valence electrons. The van der Waals surface area contributed by atoms with E-state index < -0.39 is 18.2 Å². The maximum Gasteiger partial charge on any atom is 0.322 e. The molecule has 25 heavy (non-hydrogen) atoms. The van der Waals surface area contributed by atoms with E-state index in [4.69, 9.17) is 11.6 Å². The van der Waals surface area contributed by atoms with Crippen molar-refractivity contribution in [3.63, 3.8) is 0 Å². The summed E-state index contributed by atoms with van der Waals surface area (Å²) in [5.74, 6) is 0.177. The second-order valence-electron chi connectivity index (χ2n) is 5.35. The van der Waals surface area contributed by atoms with Gasteiger partial charge in [-0.25, -0.2) is 0 Å². The lowest BCUT2D eigenvalue weighted by Gasteiger charge is -2.12. The first-order valence-electron chi connectivity index (χ1n) is 10.2. The van der Waals surface area contributed by atoms with Crippen molar-refractivity contribution in [2.45, 2.75) is 24.3 Å². The molecule has 1 aromatic carbocycles. The van der Waals surface area contributed by atoms with Crippen LogP contribution in [-0.4, -0.2) is 39.8 Å². The molecular formula is C18H21N3O3S. The van der Waals surface area contributed by atoms with Crippen LogP contribution in [0.1, 0.15) is 24.5 Å². The van der Waals surface area contributed by atoms with Gasteiger partial charge in [-0.3, -0.25) is 9.97 Å². The molecule has 0 bridgehead atoms. The minimum absolute atomic E-state index is 0.0103. The second-order valence-corrected chi connectivity index (χ2v) is 6.72. The number of methoxy groups -OCH3 is 1. The molecule has 7 heteroatoms. The number of benzene rings is 1. The molecule has 0 fully saturated rings. The van der Waals surface area contributed by atoms with Crippen molar-refractivity contribution in [3.8, 4) is 5.75 Å². The summed E-state index contributed by atoms with van der Waals surface area (Å²) in [5, 5.41) is 0.308. The normalized spacial score (nSPS) is 15.8. The van der Waals surface area contributed by atoms with Gasteiger partial charge in [0.05, 0.1) is 30.2 Å². The van der Waals surface area contributed by atoms with Crippen LogP contribution in [-0.2, 0) is 21.7 Å². The Hall–Kier alpha value is -2.09. The summed E-state index contributed by atoms with van der Waals surface area (Å²) >= 11 is -1.53. The zero-order valence-corrected chi connectivity index (χ0v) is 14.5. The van der Waals surface area contributed by atoms with Crippen molar-refractivity contribution in [1.29, 1.82) is 0 Å². The third-order valence-corrected chi connectivity index (χ3v) is 4.78. The lowest BCUT2D eigenvalue weighted by Crippen LogP contribution is -2.10. The maximum absolute atomic E-state index is 12.8. The van der Waals surface area contributed by atoms with Crippen LogP contribution in [0.15, 0.2) is 41.6 Å². The van der Waals surface area contributed by atoms with Gasteiger partial charge in [0.2, 0.25) is 0 Å². The molecule has 1 N–H and O–H groups in total. The molecule has 0 spiro atoms. The van der Waals surface area contributed by atoms with E-state index >= 15 is 0 Å². The van der Waals surface area contributed by atoms with Crippen LogP contribution in [0, 0.1) is 6.92 Å². The van der Waals surface area contributed by atoms with E-state index in [1.54, 1.807) is 6.92 Å². The van der Waals surface area contributed by atoms with E-state index in [-0.39, 0.29) is 36.9 Å². The summed E-state index contributed by atoms with van der Waals surface area (Å²) in [4.78, 5) is 11.4. The predicted molar refractivity (Wildman–Crippen MR) is 97.2 cm³/mol. The number of ether oxygens (including phenoxy) is 2. The van der Waals surface area contributed by atoms with Crippen LogP contribution in [0.2, 0.25) is 0 Å². The largest absolute Gasteiger partial charge is 0.609 e. The average Bonchev–Trinajstić information content (AvgIpc) is 3.11. The number of fused-ring (bicyclic) bond motifs is 1. The van der Waals surface area contributed by atoms with E-state index in [9.17, 15) is 4.55 Å². The Morgan fingerprint density at radius 1 is 1.36 bits per heavy atom. The molecule has 0 aliphatic heterocycles. The Morgan fingerprint density at radius 2 is 2.24 bits per heavy atom. The SMILES string of the molecule is [2H]c1nc(C[S+]([O-])c2nc3ccccc3[nH]2)c(C)c(OCCCOC([2H])([2H])[2H])c1[2H]. The number of rotatable bonds is 8. The van der Waals surface area contributed by atoms with Gasteiger partial charge in [0, 0.05) is 43.0 Å². The molecular weight excluding hydrogens is 338 g/mol. The van der Waals surface area contributed by atoms with Gasteiger partial charge >= 0.3 is 5.16 Å². The van der Waals surface area contributed by atoms with Gasteiger partial charge in [-0.1, -0.05) is 12.1 Å². The number of hydrogen-bond acceptors (Lipinski definition) is 5. The van der Waals surface area contributed by atoms with Crippen molar-refractivity contribution in [1.82, 2.24) is 15.0 Å². The third kappa shape index (κ3) is 4.31. The van der Waals surface area contributed by atoms with E-state index in [0.29, 0.717) is 28.4 Å². The van der Waals surface area contributed by atoms with Crippen LogP contribution in [0.3, 0.4) is 0 Å². The predicted octanol–water partition coefficient (Wildman–Crippen LogP) is 2.99. The van der Waals surface area contributed by atoms with Crippen molar-refractivity contribution in [2.75, 3.05) is 20.3 Å². The zero-order chi connectivity index (χ0) is 21.9. The number of pyridine rings is 1. The third-order valence-electron chi connectivity index (χ3n) is 3.62. The Morgan fingerprint density at radius 3 is 3.08 bits per heavy atom. The molecule has 0 radical (unpaired) electrons. The maximum atomic E-state index is 12.8. The monoisotopic (exact) mass is 364 g/mol. The first-order chi connectivity index (χ1) is 14.2. The van der Waals surface area contributed by atoms with Crippen molar-refractivity contribution in [2.24, 2.45) is 0 Å². The number of nitrogens with zero attached hydrogens (tertiary/aromatic N) is 2. The van der Waals surface area contributed by atoms with Gasteiger partial charge in [-0.2, -0.15) is 4.98 Å². The number of aromatic nitrogens is 3. The van der Waals surface area contributed by atoms with E-state index in [1.165, 1.54) is 0 Å². The average molecular weight is 364 g/mol. The van der Waals surface area contributed by atoms with Crippen molar-refractivity contribution in [3.05, 3.63) is 47.7 Å². The van der Waals surface area contributed by atoms with Gasteiger partial charge in [-0.05, 0) is 25.1 Å². The smallest absolute Gasteiger partial charge is 0.322 e. The fourth-order valence-corrected chi connectivity index (χ4v) is 3.36. The number of aromatic amines is 1. The minimum Gasteiger partial charge on any atom is -0.609 e. The van der Waals surface area contributed by atoms with Crippen LogP contribution in [0.25, 0.3) is 11.0 Å². The molecule has 3 rings (SSSR count). The van der Waals surface area contributed by atoms with Gasteiger partial charge in [0.1, 0.15) is 5.75 Å². The lowest BCUT2D eigenvalue weighted by atomic mass is 10.2. The van der Waals surface area contributed by atoms with Gasteiger partial charge in [0.25, 0.3) is 0 Å². The van der Waals surface area contributed by atoms with Gasteiger partial charge in [0.15, 0.2) is 5.75 Å². The molecule has 0 saturated heterocycles. The van der Waals surface area contributed by atoms with Crippen LogP contribution >= 0.6 is 0 Å². The molecule has 1 atom stereocenters. The summed E-state index contributed by atoms with van der Waals surface area (Å²) in [5.41, 5.74) is 2.37. The Bertz CT molecular complexity index is 995. The molecule has 0 aliphatic carbocycles. The van der Waals surface area contributed by atoms with Crippen LogP contribution in [0.4, 0.5) is 0 Å². The molecule has 2 heterocycles. The van der Waals surface area contributed by atoms with Gasteiger partial charge in [-0.15, -0.1) is 0 Å². The zero-order valence-electron chi connectivity index (χ0n) is 18.7. The summed E-state index contributed by atoms with van der Waals surface area (Å²) in [6.45, 7) is 1.77. The molecule has 2 aromatic heterocycles. The van der Waals surface area contributed by atoms with E-state index in [0.717, 1.165) is 5.52 Å². The highest BCUT2D eigenvalue weighted by atomic mass is 32.2. The Labute approximate surface area is 156 Å². The first-order valence-corrected chi connectivity index (χ1v) is 9.04. The highest BCUT2D eigenvalue weighted by Gasteiger charge is 2.20. The number of hydrogen-bond donors (Lipinski definition) is 1. The number of para-hydroxylation sites is 2. The highest BCUT2D eigenvalue weighted by molar-refractivity contribution is 7.90. The molecule has 1 unspecified atom stereocenters. The van der Waals surface area contributed by atoms with Crippen LogP contribution in [0.5, 0.6) is 5.75 Å².